The van der Waals surface area contributed by atoms with Gasteiger partial charge in [-0.3, -0.25) is 10.1 Å². The van der Waals surface area contributed by atoms with Gasteiger partial charge >= 0.3 is 6.09 Å². The number of aromatic nitrogens is 3. The lowest BCUT2D eigenvalue weighted by molar-refractivity contribution is 0.0827. The van der Waals surface area contributed by atoms with Crippen LogP contribution in [0, 0.1) is 12.7 Å². The second kappa shape index (κ2) is 14.1. The van der Waals surface area contributed by atoms with Gasteiger partial charge in [0, 0.05) is 49.0 Å². The third-order valence-corrected chi connectivity index (χ3v) is 7.60. The van der Waals surface area contributed by atoms with E-state index in [9.17, 15) is 14.0 Å². The molecule has 0 radical (unpaired) electrons. The Kier molecular flexibility index (Phi) is 10.3. The molecule has 5 aromatic rings. The van der Waals surface area contributed by atoms with Gasteiger partial charge in [-0.2, -0.15) is 0 Å². The summed E-state index contributed by atoms with van der Waals surface area (Å²) in [6, 6.07) is 12.1. The number of aryl methyl sites for hydroxylation is 1. The van der Waals surface area contributed by atoms with E-state index in [0.717, 1.165) is 37.4 Å². The molecule has 0 atom stereocenters. The Morgan fingerprint density at radius 1 is 1.07 bits per heavy atom. The fourth-order valence-electron chi connectivity index (χ4n) is 4.50. The van der Waals surface area contributed by atoms with Crippen LogP contribution in [0.1, 0.15) is 35.3 Å². The summed E-state index contributed by atoms with van der Waals surface area (Å²) >= 11 is 1.54. The summed E-state index contributed by atoms with van der Waals surface area (Å²) in [5.41, 5.74) is 6.05. The van der Waals surface area contributed by atoms with Crippen molar-refractivity contribution >= 4 is 50.3 Å². The number of methoxy groups -OCH3 is 2. The van der Waals surface area contributed by atoms with Crippen LogP contribution in [0.25, 0.3) is 31.8 Å². The minimum Gasteiger partial charge on any atom is -0.490 e. The molecule has 12 heteroatoms. The van der Waals surface area contributed by atoms with Crippen LogP contribution in [0.5, 0.6) is 11.6 Å². The number of nitrogens with zero attached hydrogens (tertiary/aromatic N) is 4. The second-order valence-electron chi connectivity index (χ2n) is 9.62. The van der Waals surface area contributed by atoms with E-state index in [1.807, 2.05) is 32.9 Å². The number of nitrogens with one attached hydrogen (secondary N) is 1. The van der Waals surface area contributed by atoms with Crippen molar-refractivity contribution in [3.63, 3.8) is 0 Å². The van der Waals surface area contributed by atoms with Crippen molar-refractivity contribution in [3.8, 4) is 22.2 Å². The van der Waals surface area contributed by atoms with Crippen molar-refractivity contribution in [2.24, 2.45) is 0 Å². The number of thiazole rings is 1. The monoisotopic (exact) mass is 619 g/mol. The Morgan fingerprint density at radius 2 is 1.84 bits per heavy atom. The van der Waals surface area contributed by atoms with Gasteiger partial charge in [0.2, 0.25) is 5.88 Å². The first-order chi connectivity index (χ1) is 21.2. The molecule has 2 amide bonds. The van der Waals surface area contributed by atoms with Gasteiger partial charge in [-0.25, -0.2) is 24.1 Å². The Morgan fingerprint density at radius 3 is 2.55 bits per heavy atom. The van der Waals surface area contributed by atoms with E-state index in [2.05, 4.69) is 25.0 Å². The van der Waals surface area contributed by atoms with Gasteiger partial charge in [0.05, 0.1) is 48.3 Å². The van der Waals surface area contributed by atoms with E-state index in [1.54, 1.807) is 63.0 Å². The highest BCUT2D eigenvalue weighted by Crippen LogP contribution is 2.41. The van der Waals surface area contributed by atoms with Crippen LogP contribution < -0.4 is 14.8 Å². The lowest BCUT2D eigenvalue weighted by atomic mass is 10.1. The summed E-state index contributed by atoms with van der Waals surface area (Å²) in [6.07, 6.45) is 1.74. The molecule has 0 aliphatic carbocycles. The molecule has 44 heavy (non-hydrogen) atoms. The Bertz CT molecular complexity index is 1820. The largest absolute Gasteiger partial charge is 0.490 e. The number of halogens is 1. The zero-order valence-electron chi connectivity index (χ0n) is 25.6. The fraction of sp³-hybridized carbons (Fsp3) is 0.281. The maximum Gasteiger partial charge on any atom is 0.411 e. The van der Waals surface area contributed by atoms with Gasteiger partial charge in [0.1, 0.15) is 5.01 Å². The zero-order chi connectivity index (χ0) is 32.0. The van der Waals surface area contributed by atoms with Gasteiger partial charge < -0.3 is 19.1 Å². The normalized spacial score (nSPS) is 11.4. The predicted molar refractivity (Wildman–Crippen MR) is 170 cm³/mol. The van der Waals surface area contributed by atoms with Gasteiger partial charge in [-0.1, -0.05) is 19.9 Å². The SMILES string of the molecule is CC.COC(=O)Nc1cccc(C(=O)N(C)C)c1.COc1cnc2c(-c3nc4cc(F)c5c(c4s3)CCO5)cc(C)cc2n1. The number of anilines is 1. The van der Waals surface area contributed by atoms with Crippen LogP contribution >= 0.6 is 11.3 Å². The number of ether oxygens (including phenoxy) is 3. The van der Waals surface area contributed by atoms with Crippen LogP contribution in [-0.2, 0) is 11.2 Å². The highest BCUT2D eigenvalue weighted by atomic mass is 32.1. The molecule has 1 aliphatic heterocycles. The number of amides is 2. The fourth-order valence-corrected chi connectivity index (χ4v) is 5.63. The van der Waals surface area contributed by atoms with Gasteiger partial charge in [-0.15, -0.1) is 11.3 Å². The van der Waals surface area contributed by atoms with E-state index in [0.29, 0.717) is 41.4 Å². The Balaban J connectivity index is 0.000000213. The molecule has 2 aromatic heterocycles. The first-order valence-corrected chi connectivity index (χ1v) is 14.7. The summed E-state index contributed by atoms with van der Waals surface area (Å²) in [4.78, 5) is 37.7. The molecular weight excluding hydrogens is 585 g/mol. The predicted octanol–water partition coefficient (Wildman–Crippen LogP) is 6.89. The van der Waals surface area contributed by atoms with Gasteiger partial charge in [0.15, 0.2) is 11.6 Å². The number of rotatable bonds is 4. The highest BCUT2D eigenvalue weighted by Gasteiger charge is 2.24. The molecule has 230 valence electrons. The maximum atomic E-state index is 14.2. The topological polar surface area (TPSA) is 116 Å². The minimum atomic E-state index is -0.561. The van der Waals surface area contributed by atoms with Crippen LogP contribution in [0.2, 0.25) is 0 Å². The summed E-state index contributed by atoms with van der Waals surface area (Å²) in [5, 5.41) is 3.29. The number of carbonyl (C=O) groups is 2. The maximum absolute atomic E-state index is 14.2. The smallest absolute Gasteiger partial charge is 0.411 e. The van der Waals surface area contributed by atoms with E-state index in [4.69, 9.17) is 9.47 Å². The summed E-state index contributed by atoms with van der Waals surface area (Å²) in [7, 11) is 6.19. The standard InChI is InChI=1S/C19H14FN3O2S.C11H14N2O3.C2H6/c1-9-5-11(16-13(6-9)22-15(24-2)8-21-16)19-23-14-7-12(20)17-10(3-4-25-17)18(14)26-19;1-13(2)10(14)8-5-4-6-9(7-8)12-11(15)16-3;1-2/h5-8H,3-4H2,1-2H3;4-7H,1-3H3,(H,12,15);1-2H3. The molecule has 1 aliphatic rings. The molecule has 6 rings (SSSR count). The Hall–Kier alpha value is -4.84. The quantitative estimate of drug-likeness (QED) is 0.231. The van der Waals surface area contributed by atoms with Crippen molar-refractivity contribution in [1.82, 2.24) is 19.9 Å². The lowest BCUT2D eigenvalue weighted by Crippen LogP contribution is -2.21. The molecular formula is C32H34FN5O5S. The van der Waals surface area contributed by atoms with E-state index < -0.39 is 6.09 Å². The molecule has 1 N–H and O–H groups in total. The Labute approximate surface area is 258 Å². The molecule has 0 spiro atoms. The first-order valence-electron chi connectivity index (χ1n) is 13.9. The number of hydrogen-bond acceptors (Lipinski definition) is 9. The number of hydrogen-bond donors (Lipinski definition) is 1. The van der Waals surface area contributed by atoms with Crippen molar-refractivity contribution in [2.75, 3.05) is 40.2 Å². The molecule has 10 nitrogen and oxygen atoms in total. The summed E-state index contributed by atoms with van der Waals surface area (Å²) in [5.74, 6) is 0.371. The lowest BCUT2D eigenvalue weighted by Gasteiger charge is -2.11. The molecule has 0 saturated carbocycles. The van der Waals surface area contributed by atoms with Crippen molar-refractivity contribution < 1.29 is 28.2 Å². The minimum absolute atomic E-state index is 0.117. The second-order valence-corrected chi connectivity index (χ2v) is 10.6. The number of carbonyl (C=O) groups excluding carboxylic acids is 2. The van der Waals surface area contributed by atoms with Crippen molar-refractivity contribution in [3.05, 3.63) is 71.2 Å². The van der Waals surface area contributed by atoms with E-state index in [1.165, 1.54) is 18.1 Å². The molecule has 3 heterocycles. The first kappa shape index (κ1) is 32.1. The zero-order valence-corrected chi connectivity index (χ0v) is 26.5. The van der Waals surface area contributed by atoms with Crippen LogP contribution in [0.3, 0.4) is 0 Å². The summed E-state index contributed by atoms with van der Waals surface area (Å²) in [6.45, 7) is 6.51. The van der Waals surface area contributed by atoms with E-state index in [-0.39, 0.29) is 11.7 Å². The molecule has 3 aromatic carbocycles. The number of benzene rings is 3. The van der Waals surface area contributed by atoms with Crippen LogP contribution in [0.4, 0.5) is 14.9 Å². The highest BCUT2D eigenvalue weighted by molar-refractivity contribution is 7.22. The molecule has 0 fully saturated rings. The molecule has 0 unspecified atom stereocenters. The van der Waals surface area contributed by atoms with Gasteiger partial charge in [0.25, 0.3) is 5.91 Å². The average Bonchev–Trinajstić information content (AvgIpc) is 3.69. The van der Waals surface area contributed by atoms with Crippen LogP contribution in [0.15, 0.2) is 48.7 Å². The molecule has 0 saturated heterocycles. The van der Waals surface area contributed by atoms with Crippen molar-refractivity contribution in [2.45, 2.75) is 27.2 Å². The van der Waals surface area contributed by atoms with Gasteiger partial charge in [-0.05, 0) is 42.8 Å². The third kappa shape index (κ3) is 6.86. The van der Waals surface area contributed by atoms with Crippen LogP contribution in [-0.4, -0.2) is 66.8 Å². The average molecular weight is 620 g/mol. The third-order valence-electron chi connectivity index (χ3n) is 6.44. The van der Waals surface area contributed by atoms with E-state index >= 15 is 0 Å². The number of fused-ring (bicyclic) bond motifs is 4. The molecule has 0 bridgehead atoms. The summed E-state index contributed by atoms with van der Waals surface area (Å²) < 4.78 is 30.3. The van der Waals surface area contributed by atoms with Crippen molar-refractivity contribution in [1.29, 1.82) is 0 Å².